The predicted molar refractivity (Wildman–Crippen MR) is 73.9 cm³/mol. The highest BCUT2D eigenvalue weighted by molar-refractivity contribution is 9.10. The summed E-state index contributed by atoms with van der Waals surface area (Å²) >= 11 is 2.91. The molecule has 19 heavy (non-hydrogen) atoms. The van der Waals surface area contributed by atoms with Gasteiger partial charge in [0.05, 0.1) is 10.6 Å². The van der Waals surface area contributed by atoms with Gasteiger partial charge in [0.1, 0.15) is 11.6 Å². The van der Waals surface area contributed by atoms with Gasteiger partial charge in [0.2, 0.25) is 0 Å². The van der Waals surface area contributed by atoms with E-state index in [9.17, 15) is 13.9 Å². The monoisotopic (exact) mass is 326 g/mol. The summed E-state index contributed by atoms with van der Waals surface area (Å²) < 4.78 is 27.3. The van der Waals surface area contributed by atoms with Crippen LogP contribution in [0, 0.1) is 11.6 Å². The third-order valence-corrected chi connectivity index (χ3v) is 3.76. The molecule has 0 radical (unpaired) electrons. The molecule has 4 heteroatoms. The van der Waals surface area contributed by atoms with Gasteiger partial charge in [-0.3, -0.25) is 0 Å². The fraction of sp³-hybridized carbons (Fsp3) is 0.200. The predicted octanol–water partition coefficient (Wildman–Crippen LogP) is 4.56. The number of benzene rings is 2. The van der Waals surface area contributed by atoms with Gasteiger partial charge in [0.25, 0.3) is 0 Å². The van der Waals surface area contributed by atoms with E-state index in [0.717, 1.165) is 17.7 Å². The second-order valence-corrected chi connectivity index (χ2v) is 5.29. The number of aliphatic hydroxyl groups excluding tert-OH is 1. The molecule has 100 valence electrons. The molecule has 2 unspecified atom stereocenters. The highest BCUT2D eigenvalue weighted by Crippen LogP contribution is 2.33. The maximum absolute atomic E-state index is 13.8. The normalized spacial score (nSPS) is 14.2. The average molecular weight is 327 g/mol. The Labute approximate surface area is 119 Å². The first-order valence-corrected chi connectivity index (χ1v) is 6.67. The molecule has 0 aliphatic rings. The van der Waals surface area contributed by atoms with E-state index in [0.29, 0.717) is 0 Å². The van der Waals surface area contributed by atoms with Crippen molar-refractivity contribution >= 4 is 15.9 Å². The van der Waals surface area contributed by atoms with Crippen LogP contribution in [0.3, 0.4) is 0 Å². The van der Waals surface area contributed by atoms with E-state index in [2.05, 4.69) is 15.9 Å². The van der Waals surface area contributed by atoms with Gasteiger partial charge in [0.15, 0.2) is 0 Å². The summed E-state index contributed by atoms with van der Waals surface area (Å²) in [7, 11) is 0. The number of rotatable bonds is 3. The SMILES string of the molecule is CC(c1ccccc1)C(O)c1cc(F)c(Br)cc1F. The van der Waals surface area contributed by atoms with Crippen LogP contribution >= 0.6 is 15.9 Å². The van der Waals surface area contributed by atoms with Gasteiger partial charge in [-0.2, -0.15) is 0 Å². The molecule has 0 spiro atoms. The molecule has 0 saturated carbocycles. The van der Waals surface area contributed by atoms with E-state index in [1.54, 1.807) is 6.92 Å². The van der Waals surface area contributed by atoms with Crippen molar-refractivity contribution in [2.75, 3.05) is 0 Å². The lowest BCUT2D eigenvalue weighted by Gasteiger charge is -2.20. The zero-order valence-corrected chi connectivity index (χ0v) is 11.9. The Hall–Kier alpha value is -1.26. The highest BCUT2D eigenvalue weighted by atomic mass is 79.9. The summed E-state index contributed by atoms with van der Waals surface area (Å²) in [5.74, 6) is -1.53. The molecule has 2 atom stereocenters. The Morgan fingerprint density at radius 3 is 2.32 bits per heavy atom. The molecule has 0 aliphatic carbocycles. The van der Waals surface area contributed by atoms with Crippen molar-refractivity contribution in [3.63, 3.8) is 0 Å². The van der Waals surface area contributed by atoms with Crippen molar-refractivity contribution in [1.82, 2.24) is 0 Å². The van der Waals surface area contributed by atoms with Crippen molar-refractivity contribution in [3.05, 3.63) is 69.7 Å². The van der Waals surface area contributed by atoms with Crippen LogP contribution in [0.25, 0.3) is 0 Å². The lowest BCUT2D eigenvalue weighted by Crippen LogP contribution is -2.10. The van der Waals surface area contributed by atoms with Gasteiger partial charge in [-0.25, -0.2) is 8.78 Å². The van der Waals surface area contributed by atoms with Crippen molar-refractivity contribution in [2.24, 2.45) is 0 Å². The molecule has 0 bridgehead atoms. The van der Waals surface area contributed by atoms with Gasteiger partial charge in [0, 0.05) is 11.5 Å². The lowest BCUT2D eigenvalue weighted by molar-refractivity contribution is 0.146. The fourth-order valence-corrected chi connectivity index (χ4v) is 2.29. The topological polar surface area (TPSA) is 20.2 Å². The van der Waals surface area contributed by atoms with Crippen LogP contribution in [-0.4, -0.2) is 5.11 Å². The van der Waals surface area contributed by atoms with Crippen molar-refractivity contribution in [2.45, 2.75) is 18.9 Å². The summed E-state index contributed by atoms with van der Waals surface area (Å²) in [6.07, 6.45) is -1.09. The first-order chi connectivity index (χ1) is 9.00. The number of aliphatic hydroxyl groups is 1. The Balaban J connectivity index is 2.34. The maximum Gasteiger partial charge on any atom is 0.137 e. The Bertz CT molecular complexity index is 572. The maximum atomic E-state index is 13.8. The van der Waals surface area contributed by atoms with Crippen LogP contribution in [0.2, 0.25) is 0 Å². The summed E-state index contributed by atoms with van der Waals surface area (Å²) in [5.41, 5.74) is 0.842. The number of halogens is 3. The smallest absolute Gasteiger partial charge is 0.137 e. The van der Waals surface area contributed by atoms with Crippen LogP contribution in [0.15, 0.2) is 46.9 Å². The van der Waals surface area contributed by atoms with E-state index in [1.165, 1.54) is 0 Å². The van der Waals surface area contributed by atoms with E-state index in [4.69, 9.17) is 0 Å². The second kappa shape index (κ2) is 5.80. The van der Waals surface area contributed by atoms with Crippen LogP contribution in [0.5, 0.6) is 0 Å². The van der Waals surface area contributed by atoms with Crippen molar-refractivity contribution in [1.29, 1.82) is 0 Å². The molecule has 1 N–H and O–H groups in total. The molecule has 0 amide bonds. The van der Waals surface area contributed by atoms with E-state index < -0.39 is 17.7 Å². The molecule has 0 saturated heterocycles. The molecule has 1 nitrogen and oxygen atoms in total. The third-order valence-electron chi connectivity index (χ3n) is 3.16. The van der Waals surface area contributed by atoms with Crippen LogP contribution < -0.4 is 0 Å². The van der Waals surface area contributed by atoms with Gasteiger partial charge < -0.3 is 5.11 Å². The van der Waals surface area contributed by atoms with Crippen LogP contribution in [0.4, 0.5) is 8.78 Å². The van der Waals surface area contributed by atoms with Gasteiger partial charge in [-0.05, 0) is 33.6 Å². The number of hydrogen-bond acceptors (Lipinski definition) is 1. The minimum atomic E-state index is -1.09. The summed E-state index contributed by atoms with van der Waals surface area (Å²) in [5, 5.41) is 10.2. The first kappa shape index (κ1) is 14.2. The van der Waals surface area contributed by atoms with Gasteiger partial charge in [-0.15, -0.1) is 0 Å². The molecule has 0 aromatic heterocycles. The summed E-state index contributed by atoms with van der Waals surface area (Å²) in [4.78, 5) is 0. The molecule has 2 aromatic carbocycles. The molecular formula is C15H13BrF2O. The Morgan fingerprint density at radius 2 is 1.68 bits per heavy atom. The Kier molecular flexibility index (Phi) is 4.32. The largest absolute Gasteiger partial charge is 0.388 e. The van der Waals surface area contributed by atoms with E-state index in [1.807, 2.05) is 30.3 Å². The second-order valence-electron chi connectivity index (χ2n) is 4.43. The fourth-order valence-electron chi connectivity index (χ4n) is 1.97. The quantitative estimate of drug-likeness (QED) is 0.819. The molecular weight excluding hydrogens is 314 g/mol. The van der Waals surface area contributed by atoms with Crippen molar-refractivity contribution in [3.8, 4) is 0 Å². The van der Waals surface area contributed by atoms with Gasteiger partial charge >= 0.3 is 0 Å². The molecule has 0 heterocycles. The minimum Gasteiger partial charge on any atom is -0.388 e. The van der Waals surface area contributed by atoms with Crippen LogP contribution in [-0.2, 0) is 0 Å². The minimum absolute atomic E-state index is 0.0305. The zero-order chi connectivity index (χ0) is 14.0. The average Bonchev–Trinajstić information content (AvgIpc) is 2.42. The first-order valence-electron chi connectivity index (χ1n) is 5.88. The number of hydrogen-bond donors (Lipinski definition) is 1. The van der Waals surface area contributed by atoms with Gasteiger partial charge in [-0.1, -0.05) is 37.3 Å². The standard InChI is InChI=1S/C15H13BrF2O/c1-9(10-5-3-2-4-6-10)15(19)11-7-14(18)12(16)8-13(11)17/h2-9,15,19H,1H3. The molecule has 2 aromatic rings. The van der Waals surface area contributed by atoms with Crippen molar-refractivity contribution < 1.29 is 13.9 Å². The lowest BCUT2D eigenvalue weighted by atomic mass is 9.90. The summed E-state index contributed by atoms with van der Waals surface area (Å²) in [6, 6.07) is 11.3. The van der Waals surface area contributed by atoms with Crippen LogP contribution in [0.1, 0.15) is 30.1 Å². The van der Waals surface area contributed by atoms with E-state index in [-0.39, 0.29) is 16.0 Å². The third kappa shape index (κ3) is 3.01. The molecule has 2 rings (SSSR count). The Morgan fingerprint density at radius 1 is 1.05 bits per heavy atom. The highest BCUT2D eigenvalue weighted by Gasteiger charge is 2.22. The molecule has 0 fully saturated rings. The zero-order valence-electron chi connectivity index (χ0n) is 10.3. The van der Waals surface area contributed by atoms with E-state index >= 15 is 0 Å². The summed E-state index contributed by atoms with van der Waals surface area (Å²) in [6.45, 7) is 1.78. The molecule has 0 aliphatic heterocycles.